The van der Waals surface area contributed by atoms with E-state index in [2.05, 4.69) is 10.3 Å². The Morgan fingerprint density at radius 1 is 1.39 bits per heavy atom. The number of hydrogen-bond acceptors (Lipinski definition) is 3. The van der Waals surface area contributed by atoms with Crippen molar-refractivity contribution in [1.82, 2.24) is 10.3 Å². The minimum Gasteiger partial charge on any atom is -0.345 e. The Morgan fingerprint density at radius 3 is 2.72 bits per heavy atom. The normalized spacial score (nSPS) is 12.1. The lowest BCUT2D eigenvalue weighted by atomic mass is 10.2. The van der Waals surface area contributed by atoms with Crippen LogP contribution in [0, 0.1) is 0 Å². The summed E-state index contributed by atoms with van der Waals surface area (Å²) >= 11 is 7.27. The van der Waals surface area contributed by atoms with Crippen LogP contribution >= 0.6 is 22.9 Å². The highest BCUT2D eigenvalue weighted by Gasteiger charge is 2.13. The highest BCUT2D eigenvalue weighted by Crippen LogP contribution is 2.26. The van der Waals surface area contributed by atoms with Crippen molar-refractivity contribution in [2.45, 2.75) is 13.0 Å². The van der Waals surface area contributed by atoms with Gasteiger partial charge in [0.05, 0.1) is 15.9 Å². The average Bonchev–Trinajstić information content (AvgIpc) is 2.76. The molecule has 0 bridgehead atoms. The Bertz CT molecular complexity index is 600. The first-order valence-corrected chi connectivity index (χ1v) is 6.50. The second kappa shape index (κ2) is 5.37. The summed E-state index contributed by atoms with van der Waals surface area (Å²) in [7, 11) is 0. The van der Waals surface area contributed by atoms with Crippen molar-refractivity contribution in [1.29, 1.82) is 0 Å². The van der Waals surface area contributed by atoms with Gasteiger partial charge in [-0.15, -0.1) is 11.3 Å². The van der Waals surface area contributed by atoms with Crippen molar-refractivity contribution in [2.75, 3.05) is 0 Å². The molecule has 0 fully saturated rings. The van der Waals surface area contributed by atoms with Crippen molar-refractivity contribution >= 4 is 28.8 Å². The molecule has 0 radical (unpaired) electrons. The van der Waals surface area contributed by atoms with E-state index in [1.807, 2.05) is 13.0 Å². The first kappa shape index (κ1) is 12.9. The molecule has 0 aromatic carbocycles. The third-order valence-electron chi connectivity index (χ3n) is 2.41. The Labute approximate surface area is 113 Å². The highest BCUT2D eigenvalue weighted by atomic mass is 35.5. The number of carbonyl (C=O) groups is 1. The van der Waals surface area contributed by atoms with E-state index in [-0.39, 0.29) is 17.5 Å². The molecule has 6 heteroatoms. The summed E-state index contributed by atoms with van der Waals surface area (Å²) in [6, 6.07) is 6.36. The van der Waals surface area contributed by atoms with Crippen LogP contribution in [0.2, 0.25) is 4.34 Å². The zero-order valence-corrected chi connectivity index (χ0v) is 11.1. The number of amides is 1. The van der Waals surface area contributed by atoms with Crippen LogP contribution in [0.1, 0.15) is 28.2 Å². The maximum Gasteiger partial charge on any atom is 0.253 e. The molecule has 2 aromatic heterocycles. The quantitative estimate of drug-likeness (QED) is 0.909. The van der Waals surface area contributed by atoms with Crippen molar-refractivity contribution in [3.8, 4) is 0 Å². The predicted octanol–water partition coefficient (Wildman–Crippen LogP) is 2.58. The molecule has 0 unspecified atom stereocenters. The molecule has 0 saturated heterocycles. The van der Waals surface area contributed by atoms with Crippen LogP contribution in [0.25, 0.3) is 0 Å². The number of aromatic amines is 1. The van der Waals surface area contributed by atoms with E-state index < -0.39 is 0 Å². The summed E-state index contributed by atoms with van der Waals surface area (Å²) in [6.45, 7) is 1.88. The number of aromatic nitrogens is 1. The lowest BCUT2D eigenvalue weighted by molar-refractivity contribution is 0.0940. The van der Waals surface area contributed by atoms with Gasteiger partial charge in [0.2, 0.25) is 5.56 Å². The third kappa shape index (κ3) is 3.00. The van der Waals surface area contributed by atoms with Gasteiger partial charge in [0.15, 0.2) is 0 Å². The molecule has 0 aliphatic rings. The van der Waals surface area contributed by atoms with Gasteiger partial charge in [0.25, 0.3) is 5.91 Å². The molecule has 0 aliphatic carbocycles. The number of thiophene rings is 1. The van der Waals surface area contributed by atoms with E-state index in [0.717, 1.165) is 4.88 Å². The molecular formula is C12H11ClN2O2S. The van der Waals surface area contributed by atoms with Gasteiger partial charge in [-0.1, -0.05) is 11.6 Å². The molecule has 4 nitrogen and oxygen atoms in total. The summed E-state index contributed by atoms with van der Waals surface area (Å²) in [6.07, 6.45) is 1.39. The monoisotopic (exact) mass is 282 g/mol. The molecule has 1 atom stereocenters. The maximum atomic E-state index is 11.9. The summed E-state index contributed by atoms with van der Waals surface area (Å²) in [5.41, 5.74) is 0.189. The van der Waals surface area contributed by atoms with Crippen LogP contribution in [-0.2, 0) is 0 Å². The summed E-state index contributed by atoms with van der Waals surface area (Å²) in [5.74, 6) is -0.233. The number of H-pyrrole nitrogens is 1. The molecule has 0 aliphatic heterocycles. The molecule has 0 saturated carbocycles. The average molecular weight is 283 g/mol. The first-order valence-electron chi connectivity index (χ1n) is 5.31. The molecule has 2 heterocycles. The number of rotatable bonds is 3. The molecule has 2 N–H and O–H groups in total. The molecule has 94 valence electrons. The second-order valence-corrected chi connectivity index (χ2v) is 5.53. The summed E-state index contributed by atoms with van der Waals surface area (Å²) < 4.78 is 0.690. The minimum absolute atomic E-state index is 0.123. The lowest BCUT2D eigenvalue weighted by Crippen LogP contribution is -2.26. The van der Waals surface area contributed by atoms with E-state index in [1.165, 1.54) is 29.7 Å². The number of halogens is 1. The molecular weight excluding hydrogens is 272 g/mol. The minimum atomic E-state index is -0.233. The van der Waals surface area contributed by atoms with Crippen LogP contribution in [0.15, 0.2) is 35.3 Å². The topological polar surface area (TPSA) is 62.0 Å². The van der Waals surface area contributed by atoms with Crippen LogP contribution in [-0.4, -0.2) is 10.9 Å². The zero-order chi connectivity index (χ0) is 13.1. The Morgan fingerprint density at radius 2 is 2.17 bits per heavy atom. The summed E-state index contributed by atoms with van der Waals surface area (Å²) in [4.78, 5) is 26.2. The SMILES string of the molecule is C[C@H](NC(=O)c1ccc(=O)[nH]c1)c1ccc(Cl)s1. The van der Waals surface area contributed by atoms with Crippen LogP contribution in [0.5, 0.6) is 0 Å². The van der Waals surface area contributed by atoms with Crippen molar-refractivity contribution < 1.29 is 4.79 Å². The standard InChI is InChI=1S/C12H11ClN2O2S/c1-7(9-3-4-10(13)18-9)15-12(17)8-2-5-11(16)14-6-8/h2-7H,1H3,(H,14,16)(H,15,17)/t7-/m0/s1. The molecule has 0 spiro atoms. The van der Waals surface area contributed by atoms with Gasteiger partial charge in [-0.3, -0.25) is 9.59 Å². The molecule has 18 heavy (non-hydrogen) atoms. The van der Waals surface area contributed by atoms with E-state index in [4.69, 9.17) is 11.6 Å². The largest absolute Gasteiger partial charge is 0.345 e. The van der Waals surface area contributed by atoms with Crippen LogP contribution in [0.3, 0.4) is 0 Å². The van der Waals surface area contributed by atoms with E-state index >= 15 is 0 Å². The second-order valence-electron chi connectivity index (χ2n) is 3.78. The number of nitrogens with one attached hydrogen (secondary N) is 2. The van der Waals surface area contributed by atoms with Gasteiger partial charge in [0, 0.05) is 17.1 Å². The highest BCUT2D eigenvalue weighted by molar-refractivity contribution is 7.16. The van der Waals surface area contributed by atoms with Crippen LogP contribution in [0.4, 0.5) is 0 Å². The van der Waals surface area contributed by atoms with Crippen molar-refractivity contribution in [3.05, 3.63) is 55.6 Å². The van der Waals surface area contributed by atoms with E-state index in [0.29, 0.717) is 9.90 Å². The fourth-order valence-electron chi connectivity index (χ4n) is 1.46. The van der Waals surface area contributed by atoms with E-state index in [1.54, 1.807) is 6.07 Å². The third-order valence-corrected chi connectivity index (χ3v) is 3.83. The maximum absolute atomic E-state index is 11.9. The van der Waals surface area contributed by atoms with Gasteiger partial charge in [-0.25, -0.2) is 0 Å². The van der Waals surface area contributed by atoms with Gasteiger partial charge in [-0.05, 0) is 25.1 Å². The molecule has 1 amide bonds. The predicted molar refractivity (Wildman–Crippen MR) is 72.3 cm³/mol. The first-order chi connectivity index (χ1) is 8.56. The fraction of sp³-hybridized carbons (Fsp3) is 0.167. The molecule has 2 aromatic rings. The zero-order valence-electron chi connectivity index (χ0n) is 9.57. The summed E-state index contributed by atoms with van der Waals surface area (Å²) in [5, 5.41) is 2.84. The number of carbonyl (C=O) groups excluding carboxylic acids is 1. The van der Waals surface area contributed by atoms with Gasteiger partial charge in [0.1, 0.15) is 0 Å². The lowest BCUT2D eigenvalue weighted by Gasteiger charge is -2.11. The Balaban J connectivity index is 2.07. The fourth-order valence-corrected chi connectivity index (χ4v) is 2.53. The Kier molecular flexibility index (Phi) is 3.84. The number of hydrogen-bond donors (Lipinski definition) is 2. The smallest absolute Gasteiger partial charge is 0.253 e. The van der Waals surface area contributed by atoms with Crippen molar-refractivity contribution in [2.24, 2.45) is 0 Å². The van der Waals surface area contributed by atoms with Gasteiger partial charge >= 0.3 is 0 Å². The Hall–Kier alpha value is -1.59. The van der Waals surface area contributed by atoms with E-state index in [9.17, 15) is 9.59 Å². The number of pyridine rings is 1. The molecule has 2 rings (SSSR count). The van der Waals surface area contributed by atoms with Gasteiger partial charge in [-0.2, -0.15) is 0 Å². The van der Waals surface area contributed by atoms with Crippen LogP contribution < -0.4 is 10.9 Å². The van der Waals surface area contributed by atoms with Gasteiger partial charge < -0.3 is 10.3 Å². The van der Waals surface area contributed by atoms with Crippen molar-refractivity contribution in [3.63, 3.8) is 0 Å².